The van der Waals surface area contributed by atoms with Crippen molar-refractivity contribution in [1.82, 2.24) is 4.57 Å². The van der Waals surface area contributed by atoms with Crippen LogP contribution in [0.15, 0.2) is 28.8 Å². The molecule has 0 unspecified atom stereocenters. The first kappa shape index (κ1) is 19.2. The van der Waals surface area contributed by atoms with Crippen molar-refractivity contribution >= 4 is 41.5 Å². The Balaban J connectivity index is 1.93. The second-order valence-corrected chi connectivity index (χ2v) is 9.04. The fraction of sp³-hybridized carbons (Fsp3) is 0.381. The Hall–Kier alpha value is -2.09. The number of aryl methyl sites for hydroxylation is 1. The molecule has 0 aliphatic carbocycles. The smallest absolute Gasteiger partial charge is 0.326 e. The maximum atomic E-state index is 10.7. The number of ether oxygens (including phenoxy) is 1. The van der Waals surface area contributed by atoms with Crippen molar-refractivity contribution in [2.45, 2.75) is 26.8 Å². The van der Waals surface area contributed by atoms with Crippen LogP contribution in [-0.4, -0.2) is 46.4 Å². The minimum absolute atomic E-state index is 0.113. The minimum atomic E-state index is 0.113. The number of rotatable bonds is 2. The van der Waals surface area contributed by atoms with E-state index in [-0.39, 0.29) is 11.9 Å². The van der Waals surface area contributed by atoms with Gasteiger partial charge < -0.3 is 9.84 Å². The normalized spacial score (nSPS) is 18.2. The van der Waals surface area contributed by atoms with Crippen LogP contribution in [0, 0.1) is 10.9 Å². The Morgan fingerprint density at radius 3 is 2.75 bits per heavy atom. The Kier molecular flexibility index (Phi) is 5.31. The van der Waals surface area contributed by atoms with Crippen molar-refractivity contribution in [3.63, 3.8) is 0 Å². The van der Waals surface area contributed by atoms with Crippen LogP contribution in [0.3, 0.4) is 0 Å². The molecule has 5 nitrogen and oxygen atoms in total. The lowest BCUT2D eigenvalue weighted by atomic mass is 10.1. The van der Waals surface area contributed by atoms with Crippen molar-refractivity contribution in [3.05, 3.63) is 48.7 Å². The lowest BCUT2D eigenvalue weighted by Crippen LogP contribution is -2.38. The minimum Gasteiger partial charge on any atom is -0.493 e. The summed E-state index contributed by atoms with van der Waals surface area (Å²) in [4.78, 5) is 5.73. The first-order valence-electron chi connectivity index (χ1n) is 9.47. The highest BCUT2D eigenvalue weighted by Crippen LogP contribution is 2.31. The van der Waals surface area contributed by atoms with Crippen LogP contribution in [-0.2, 0) is 4.74 Å². The molecule has 1 aromatic carbocycles. The zero-order valence-electron chi connectivity index (χ0n) is 16.3. The van der Waals surface area contributed by atoms with E-state index in [4.69, 9.17) is 21.9 Å². The monoisotopic (exact) mass is 414 g/mol. The van der Waals surface area contributed by atoms with E-state index in [1.54, 1.807) is 4.57 Å². The lowest BCUT2D eigenvalue weighted by Gasteiger charge is -2.16. The largest absolute Gasteiger partial charge is 0.493 e. The Morgan fingerprint density at radius 2 is 2.07 bits per heavy atom. The molecule has 4 rings (SSSR count). The molecule has 2 aliphatic heterocycles. The predicted molar refractivity (Wildman–Crippen MR) is 115 cm³/mol. The number of benzene rings is 1. The van der Waals surface area contributed by atoms with Gasteiger partial charge in [-0.25, -0.2) is 0 Å². The summed E-state index contributed by atoms with van der Waals surface area (Å²) in [5.41, 5.74) is 2.19. The number of thiazole rings is 1. The quantitative estimate of drug-likeness (QED) is 0.607. The molecule has 0 atom stereocenters. The molecule has 28 heavy (non-hydrogen) atoms. The third-order valence-corrected chi connectivity index (χ3v) is 6.27. The van der Waals surface area contributed by atoms with Crippen LogP contribution in [0.5, 0.6) is 5.88 Å². The van der Waals surface area contributed by atoms with Gasteiger partial charge in [0.1, 0.15) is 13.1 Å². The maximum Gasteiger partial charge on any atom is 0.326 e. The first-order valence-corrected chi connectivity index (χ1v) is 10.7. The molecule has 0 saturated carbocycles. The Bertz CT molecular complexity index is 1160. The summed E-state index contributed by atoms with van der Waals surface area (Å²) < 4.78 is 10.2. The molecular weight excluding hydrogens is 390 g/mol. The van der Waals surface area contributed by atoms with Gasteiger partial charge in [-0.2, -0.15) is 0 Å². The second kappa shape index (κ2) is 7.73. The van der Waals surface area contributed by atoms with Gasteiger partial charge in [0.15, 0.2) is 9.31 Å². The third-order valence-electron chi connectivity index (χ3n) is 4.93. The second-order valence-electron chi connectivity index (χ2n) is 7.36. The number of morpholine rings is 1. The van der Waals surface area contributed by atoms with Crippen LogP contribution in [0.4, 0.5) is 0 Å². The molecule has 1 saturated heterocycles. The van der Waals surface area contributed by atoms with Crippen molar-refractivity contribution in [2.24, 2.45) is 4.99 Å². The summed E-state index contributed by atoms with van der Waals surface area (Å²) in [6.07, 6.45) is 4.16. The van der Waals surface area contributed by atoms with Gasteiger partial charge in [0.05, 0.1) is 23.7 Å². The van der Waals surface area contributed by atoms with Gasteiger partial charge in [0.25, 0.3) is 0 Å². The van der Waals surface area contributed by atoms with Crippen molar-refractivity contribution < 1.29 is 14.4 Å². The summed E-state index contributed by atoms with van der Waals surface area (Å²) in [7, 11) is 0. The molecule has 7 heteroatoms. The first-order chi connectivity index (χ1) is 13.4. The van der Waals surface area contributed by atoms with E-state index in [9.17, 15) is 5.11 Å². The summed E-state index contributed by atoms with van der Waals surface area (Å²) in [6, 6.07) is 6.41. The standard InChI is InChI=1S/C21H23N3O2S2/c1-13(2)24-20(25)18(28-21(24)27)12-16-11-15-10-14(3)4-5-17(15)22-19(16)23-6-8-26-9-7-23/h4-5,10-13H,6-9H2,1-3H3/p+1. The van der Waals surface area contributed by atoms with Crippen LogP contribution < -0.4 is 10.6 Å². The number of fused-ring (bicyclic) bond motifs is 1. The molecule has 3 heterocycles. The summed E-state index contributed by atoms with van der Waals surface area (Å²) in [5.74, 6) is 1.15. The van der Waals surface area contributed by atoms with Crippen LogP contribution in [0.1, 0.15) is 30.3 Å². The van der Waals surface area contributed by atoms with Crippen molar-refractivity contribution in [1.29, 1.82) is 0 Å². The van der Waals surface area contributed by atoms with Crippen molar-refractivity contribution in [3.8, 4) is 5.88 Å². The van der Waals surface area contributed by atoms with Crippen LogP contribution in [0.25, 0.3) is 12.2 Å². The number of nitrogens with zero attached hydrogens (tertiary/aromatic N) is 3. The third kappa shape index (κ3) is 3.62. The highest BCUT2D eigenvalue weighted by molar-refractivity contribution is 7.73. The van der Waals surface area contributed by atoms with Crippen LogP contribution in [0.2, 0.25) is 0 Å². The molecule has 146 valence electrons. The molecule has 0 amide bonds. The summed E-state index contributed by atoms with van der Waals surface area (Å²) in [6.45, 7) is 9.12. The van der Waals surface area contributed by atoms with E-state index < -0.39 is 0 Å². The maximum absolute atomic E-state index is 10.7. The summed E-state index contributed by atoms with van der Waals surface area (Å²) >= 11 is 6.89. The zero-order chi connectivity index (χ0) is 19.8. The van der Waals surface area contributed by atoms with Gasteiger partial charge >= 0.3 is 5.84 Å². The number of amidine groups is 1. The van der Waals surface area contributed by atoms with Gasteiger partial charge in [-0.15, -0.1) is 11.3 Å². The van der Waals surface area contributed by atoms with E-state index in [1.165, 1.54) is 16.9 Å². The van der Waals surface area contributed by atoms with E-state index in [1.807, 2.05) is 19.9 Å². The number of hydrogen-bond acceptors (Lipinski definition) is 4. The van der Waals surface area contributed by atoms with Crippen LogP contribution >= 0.6 is 23.6 Å². The number of aromatic hydroxyl groups is 1. The van der Waals surface area contributed by atoms with E-state index in [0.717, 1.165) is 40.0 Å². The Morgan fingerprint density at radius 1 is 1.32 bits per heavy atom. The predicted octanol–water partition coefficient (Wildman–Crippen LogP) is 2.81. The van der Waals surface area contributed by atoms with Gasteiger partial charge in [-0.05, 0) is 62.3 Å². The molecular formula is C21H24N3O2S2+. The molecule has 0 radical (unpaired) electrons. The molecule has 2 aliphatic rings. The highest BCUT2D eigenvalue weighted by Gasteiger charge is 2.24. The van der Waals surface area contributed by atoms with E-state index >= 15 is 0 Å². The number of aromatic nitrogens is 1. The van der Waals surface area contributed by atoms with Gasteiger partial charge in [0, 0.05) is 11.3 Å². The molecule has 2 aromatic rings. The zero-order valence-corrected chi connectivity index (χ0v) is 17.9. The van der Waals surface area contributed by atoms with Gasteiger partial charge in [0.2, 0.25) is 5.88 Å². The average Bonchev–Trinajstić information content (AvgIpc) is 2.95. The van der Waals surface area contributed by atoms with Gasteiger partial charge in [-0.3, -0.25) is 9.14 Å². The number of hydrogen-bond donors (Lipinski definition) is 1. The summed E-state index contributed by atoms with van der Waals surface area (Å²) in [5, 5.41) is 12.8. The fourth-order valence-electron chi connectivity index (χ4n) is 3.52. The lowest BCUT2D eigenvalue weighted by molar-refractivity contribution is -0.549. The molecule has 1 N–H and O–H groups in total. The molecule has 0 spiro atoms. The molecule has 0 bridgehead atoms. The highest BCUT2D eigenvalue weighted by atomic mass is 32.1. The average molecular weight is 415 g/mol. The Labute approximate surface area is 173 Å². The topological polar surface area (TPSA) is 49.8 Å². The molecule has 1 fully saturated rings. The van der Waals surface area contributed by atoms with Gasteiger partial charge in [-0.1, -0.05) is 11.6 Å². The van der Waals surface area contributed by atoms with Crippen molar-refractivity contribution in [2.75, 3.05) is 26.3 Å². The van der Waals surface area contributed by atoms with E-state index in [0.29, 0.717) is 17.2 Å². The fourth-order valence-corrected chi connectivity index (χ4v) is 5.05. The van der Waals surface area contributed by atoms with E-state index in [2.05, 4.69) is 35.8 Å². The SMILES string of the molecule is Cc1ccc2c(c1)=C/C(=C\c1sc(=S)n(C(C)C)c1O)C(=[N+]1CCOCC1)N=2. The molecule has 1 aromatic heterocycles.